The lowest BCUT2D eigenvalue weighted by Gasteiger charge is -2.34. The third-order valence-electron chi connectivity index (χ3n) is 4.29. The zero-order valence-electron chi connectivity index (χ0n) is 14.3. The minimum atomic E-state index is -0.0895. The molecule has 0 aromatic heterocycles. The SMILES string of the molecule is CC(=O)NCCC(=O)N1CCN(CCCc2ccc(Cl)cc2)CC1. The van der Waals surface area contributed by atoms with Crippen LogP contribution in [0.1, 0.15) is 25.3 Å². The van der Waals surface area contributed by atoms with Crippen molar-refractivity contribution in [3.8, 4) is 0 Å². The van der Waals surface area contributed by atoms with Gasteiger partial charge in [-0.15, -0.1) is 0 Å². The zero-order valence-corrected chi connectivity index (χ0v) is 15.0. The van der Waals surface area contributed by atoms with E-state index in [1.54, 1.807) is 0 Å². The molecule has 2 amide bonds. The van der Waals surface area contributed by atoms with Crippen molar-refractivity contribution >= 4 is 23.4 Å². The summed E-state index contributed by atoms with van der Waals surface area (Å²) in [7, 11) is 0. The summed E-state index contributed by atoms with van der Waals surface area (Å²) < 4.78 is 0. The van der Waals surface area contributed by atoms with Gasteiger partial charge >= 0.3 is 0 Å². The second-order valence-electron chi connectivity index (χ2n) is 6.19. The van der Waals surface area contributed by atoms with Crippen LogP contribution in [0, 0.1) is 0 Å². The van der Waals surface area contributed by atoms with Gasteiger partial charge in [0.1, 0.15) is 0 Å². The number of hydrogen-bond donors (Lipinski definition) is 1. The third-order valence-corrected chi connectivity index (χ3v) is 4.54. The van der Waals surface area contributed by atoms with Crippen LogP contribution in [0.15, 0.2) is 24.3 Å². The highest BCUT2D eigenvalue weighted by Gasteiger charge is 2.20. The van der Waals surface area contributed by atoms with Crippen LogP contribution in [-0.4, -0.2) is 60.9 Å². The van der Waals surface area contributed by atoms with Gasteiger partial charge in [0.2, 0.25) is 11.8 Å². The van der Waals surface area contributed by atoms with E-state index in [4.69, 9.17) is 11.6 Å². The van der Waals surface area contributed by atoms with Gasteiger partial charge in [-0.25, -0.2) is 0 Å². The molecule has 1 saturated heterocycles. The molecule has 0 atom stereocenters. The number of hydrogen-bond acceptors (Lipinski definition) is 3. The Balaban J connectivity index is 1.61. The lowest BCUT2D eigenvalue weighted by atomic mass is 10.1. The first kappa shape index (κ1) is 18.7. The number of carbonyl (C=O) groups excluding carboxylic acids is 2. The molecule has 1 aliphatic heterocycles. The molecule has 24 heavy (non-hydrogen) atoms. The summed E-state index contributed by atoms with van der Waals surface area (Å²) in [6, 6.07) is 8.02. The van der Waals surface area contributed by atoms with Gasteiger partial charge in [0.25, 0.3) is 0 Å². The maximum absolute atomic E-state index is 12.1. The van der Waals surface area contributed by atoms with Crippen LogP contribution in [0.2, 0.25) is 5.02 Å². The molecular weight excluding hydrogens is 326 g/mol. The molecule has 5 nitrogen and oxygen atoms in total. The first-order chi connectivity index (χ1) is 11.5. The predicted octanol–water partition coefficient (Wildman–Crippen LogP) is 1.94. The fourth-order valence-corrected chi connectivity index (χ4v) is 3.01. The molecule has 0 aliphatic carbocycles. The van der Waals surface area contributed by atoms with E-state index < -0.39 is 0 Å². The van der Waals surface area contributed by atoms with Gasteiger partial charge in [-0.2, -0.15) is 0 Å². The van der Waals surface area contributed by atoms with Crippen LogP contribution in [0.3, 0.4) is 0 Å². The van der Waals surface area contributed by atoms with E-state index in [9.17, 15) is 9.59 Å². The van der Waals surface area contributed by atoms with E-state index in [0.29, 0.717) is 13.0 Å². The van der Waals surface area contributed by atoms with Crippen molar-refractivity contribution in [3.05, 3.63) is 34.9 Å². The molecule has 0 unspecified atom stereocenters. The standard InChI is InChI=1S/C18H26ClN3O2/c1-15(23)20-9-8-18(24)22-13-11-21(12-14-22)10-2-3-16-4-6-17(19)7-5-16/h4-7H,2-3,8-14H2,1H3,(H,20,23). The second-order valence-corrected chi connectivity index (χ2v) is 6.62. The smallest absolute Gasteiger partial charge is 0.224 e. The van der Waals surface area contributed by atoms with Gasteiger partial charge in [-0.05, 0) is 37.1 Å². The normalized spacial score (nSPS) is 15.3. The highest BCUT2D eigenvalue weighted by molar-refractivity contribution is 6.30. The van der Waals surface area contributed by atoms with Crippen molar-refractivity contribution in [2.75, 3.05) is 39.3 Å². The maximum atomic E-state index is 12.1. The van der Waals surface area contributed by atoms with Gasteiger partial charge in [-0.1, -0.05) is 23.7 Å². The Hall–Kier alpha value is -1.59. The summed E-state index contributed by atoms with van der Waals surface area (Å²) >= 11 is 5.89. The molecule has 6 heteroatoms. The Morgan fingerprint density at radius 3 is 2.42 bits per heavy atom. The van der Waals surface area contributed by atoms with Gasteiger partial charge in [0, 0.05) is 51.1 Å². The number of aryl methyl sites for hydroxylation is 1. The zero-order chi connectivity index (χ0) is 17.4. The molecule has 0 saturated carbocycles. The quantitative estimate of drug-likeness (QED) is 0.816. The van der Waals surface area contributed by atoms with E-state index in [1.165, 1.54) is 12.5 Å². The molecule has 132 valence electrons. The summed E-state index contributed by atoms with van der Waals surface area (Å²) in [4.78, 5) is 27.2. The summed E-state index contributed by atoms with van der Waals surface area (Å²) in [6.45, 7) is 6.35. The van der Waals surface area contributed by atoms with Gasteiger partial charge in [0.05, 0.1) is 0 Å². The molecular formula is C18H26ClN3O2. The summed E-state index contributed by atoms with van der Waals surface area (Å²) in [5.41, 5.74) is 1.31. The number of halogens is 1. The van der Waals surface area contributed by atoms with Crippen LogP contribution >= 0.6 is 11.6 Å². The monoisotopic (exact) mass is 351 g/mol. The van der Waals surface area contributed by atoms with E-state index in [-0.39, 0.29) is 11.8 Å². The number of carbonyl (C=O) groups is 2. The van der Waals surface area contributed by atoms with Gasteiger partial charge in [0.15, 0.2) is 0 Å². The van der Waals surface area contributed by atoms with E-state index in [2.05, 4.69) is 22.3 Å². The fraction of sp³-hybridized carbons (Fsp3) is 0.556. The highest BCUT2D eigenvalue weighted by Crippen LogP contribution is 2.12. The molecule has 0 bridgehead atoms. The minimum Gasteiger partial charge on any atom is -0.356 e. The largest absolute Gasteiger partial charge is 0.356 e. The lowest BCUT2D eigenvalue weighted by molar-refractivity contribution is -0.132. The van der Waals surface area contributed by atoms with Crippen LogP contribution in [-0.2, 0) is 16.0 Å². The van der Waals surface area contributed by atoms with Crippen LogP contribution < -0.4 is 5.32 Å². The van der Waals surface area contributed by atoms with E-state index in [1.807, 2.05) is 17.0 Å². The molecule has 1 heterocycles. The Labute approximate surface area is 149 Å². The van der Waals surface area contributed by atoms with Gasteiger partial charge in [-0.3, -0.25) is 14.5 Å². The molecule has 1 N–H and O–H groups in total. The Kier molecular flexibility index (Phi) is 7.53. The molecule has 1 fully saturated rings. The first-order valence-electron chi connectivity index (χ1n) is 8.53. The highest BCUT2D eigenvalue weighted by atomic mass is 35.5. The number of nitrogens with one attached hydrogen (secondary N) is 1. The van der Waals surface area contributed by atoms with Crippen molar-refractivity contribution in [3.63, 3.8) is 0 Å². The third kappa shape index (κ3) is 6.49. The predicted molar refractivity (Wildman–Crippen MR) is 96.1 cm³/mol. The summed E-state index contributed by atoms with van der Waals surface area (Å²) in [6.07, 6.45) is 2.54. The maximum Gasteiger partial charge on any atom is 0.224 e. The van der Waals surface area contributed by atoms with Crippen molar-refractivity contribution in [2.45, 2.75) is 26.2 Å². The average Bonchev–Trinajstić information content (AvgIpc) is 2.57. The van der Waals surface area contributed by atoms with Crippen molar-refractivity contribution in [1.82, 2.24) is 15.1 Å². The average molecular weight is 352 g/mol. The molecule has 1 aromatic carbocycles. The number of amides is 2. The number of nitrogens with zero attached hydrogens (tertiary/aromatic N) is 2. The first-order valence-corrected chi connectivity index (χ1v) is 8.91. The molecule has 0 radical (unpaired) electrons. The van der Waals surface area contributed by atoms with Crippen LogP contribution in [0.5, 0.6) is 0 Å². The number of piperazine rings is 1. The van der Waals surface area contributed by atoms with E-state index in [0.717, 1.165) is 50.6 Å². The molecule has 0 spiro atoms. The number of benzene rings is 1. The molecule has 1 aliphatic rings. The fourth-order valence-electron chi connectivity index (χ4n) is 2.88. The Bertz CT molecular complexity index is 540. The van der Waals surface area contributed by atoms with Crippen molar-refractivity contribution in [2.24, 2.45) is 0 Å². The molecule has 2 rings (SSSR count). The molecule has 1 aromatic rings. The second kappa shape index (κ2) is 9.64. The Morgan fingerprint density at radius 1 is 1.12 bits per heavy atom. The van der Waals surface area contributed by atoms with Crippen molar-refractivity contribution in [1.29, 1.82) is 0 Å². The Morgan fingerprint density at radius 2 is 1.79 bits per heavy atom. The summed E-state index contributed by atoms with van der Waals surface area (Å²) in [5.74, 6) is 0.0397. The van der Waals surface area contributed by atoms with Crippen molar-refractivity contribution < 1.29 is 9.59 Å². The number of rotatable bonds is 7. The van der Waals surface area contributed by atoms with Gasteiger partial charge < -0.3 is 10.2 Å². The summed E-state index contributed by atoms with van der Waals surface area (Å²) in [5, 5.41) is 3.44. The lowest BCUT2D eigenvalue weighted by Crippen LogP contribution is -2.49. The van der Waals surface area contributed by atoms with E-state index >= 15 is 0 Å². The van der Waals surface area contributed by atoms with Crippen LogP contribution in [0.25, 0.3) is 0 Å². The van der Waals surface area contributed by atoms with Crippen LogP contribution in [0.4, 0.5) is 0 Å². The topological polar surface area (TPSA) is 52.7 Å². The minimum absolute atomic E-state index is 0.0895.